The fourth-order valence-electron chi connectivity index (χ4n) is 3.36. The first-order valence-corrected chi connectivity index (χ1v) is 7.91. The molecule has 1 aromatic heterocycles. The molecule has 2 atom stereocenters. The minimum Gasteiger partial charge on any atom is -0.372 e. The molecule has 17 heavy (non-hydrogen) atoms. The fraction of sp³-hybridized carbons (Fsp3) is 0.714. The van der Waals surface area contributed by atoms with Gasteiger partial charge in [-0.25, -0.2) is 0 Å². The Bertz CT molecular complexity index is 356. The molecule has 0 saturated heterocycles. The third-order valence-electron chi connectivity index (χ3n) is 4.48. The van der Waals surface area contributed by atoms with Crippen molar-refractivity contribution in [2.45, 2.75) is 56.6 Å². The first-order chi connectivity index (χ1) is 8.31. The van der Waals surface area contributed by atoms with Gasteiger partial charge in [-0.3, -0.25) is 0 Å². The van der Waals surface area contributed by atoms with E-state index < -0.39 is 0 Å². The molecule has 0 aliphatic heterocycles. The van der Waals surface area contributed by atoms with Crippen LogP contribution in [0.25, 0.3) is 0 Å². The molecular weight excluding hydrogens is 252 g/mol. The average Bonchev–Trinajstić information content (AvgIpc) is 2.88. The van der Waals surface area contributed by atoms with Crippen LogP contribution in [-0.2, 0) is 11.3 Å². The standard InChI is InChI=1S/C14H19ClOS/c15-12-9-13(14(12)6-2-1-3-7-14)16-10-11-5-4-8-17-11/h4-5,8,12-13H,1-3,6-7,9-10H2. The van der Waals surface area contributed by atoms with E-state index in [1.807, 2.05) is 0 Å². The van der Waals surface area contributed by atoms with Gasteiger partial charge in [0, 0.05) is 15.7 Å². The summed E-state index contributed by atoms with van der Waals surface area (Å²) < 4.78 is 6.11. The maximum absolute atomic E-state index is 6.46. The van der Waals surface area contributed by atoms with E-state index in [9.17, 15) is 0 Å². The van der Waals surface area contributed by atoms with Crippen LogP contribution in [0.5, 0.6) is 0 Å². The van der Waals surface area contributed by atoms with Crippen molar-refractivity contribution in [2.75, 3.05) is 0 Å². The number of thiophene rings is 1. The Morgan fingerprint density at radius 2 is 2.18 bits per heavy atom. The lowest BCUT2D eigenvalue weighted by atomic mass is 9.58. The second-order valence-electron chi connectivity index (χ2n) is 5.38. The number of rotatable bonds is 3. The van der Waals surface area contributed by atoms with Crippen LogP contribution < -0.4 is 0 Å². The third kappa shape index (κ3) is 2.16. The van der Waals surface area contributed by atoms with Crippen LogP contribution in [0.1, 0.15) is 43.4 Å². The summed E-state index contributed by atoms with van der Waals surface area (Å²) in [6.07, 6.45) is 8.06. The molecule has 2 fully saturated rings. The number of hydrogen-bond donors (Lipinski definition) is 0. The second kappa shape index (κ2) is 4.91. The first kappa shape index (κ1) is 12.0. The van der Waals surface area contributed by atoms with E-state index in [1.54, 1.807) is 11.3 Å². The number of alkyl halides is 1. The predicted molar refractivity (Wildman–Crippen MR) is 72.7 cm³/mol. The van der Waals surface area contributed by atoms with Gasteiger partial charge in [-0.1, -0.05) is 25.3 Å². The van der Waals surface area contributed by atoms with Crippen LogP contribution in [0.2, 0.25) is 0 Å². The van der Waals surface area contributed by atoms with Gasteiger partial charge in [0.25, 0.3) is 0 Å². The summed E-state index contributed by atoms with van der Waals surface area (Å²) >= 11 is 8.24. The van der Waals surface area contributed by atoms with E-state index in [4.69, 9.17) is 16.3 Å². The van der Waals surface area contributed by atoms with Crippen LogP contribution in [0.15, 0.2) is 17.5 Å². The van der Waals surface area contributed by atoms with Crippen molar-refractivity contribution in [1.82, 2.24) is 0 Å². The minimum absolute atomic E-state index is 0.317. The quantitative estimate of drug-likeness (QED) is 0.730. The Morgan fingerprint density at radius 1 is 1.35 bits per heavy atom. The molecule has 1 nitrogen and oxygen atoms in total. The summed E-state index contributed by atoms with van der Waals surface area (Å²) in [5, 5.41) is 2.47. The first-order valence-electron chi connectivity index (χ1n) is 6.59. The maximum Gasteiger partial charge on any atom is 0.0813 e. The largest absolute Gasteiger partial charge is 0.372 e. The van der Waals surface area contributed by atoms with Crippen molar-refractivity contribution >= 4 is 22.9 Å². The Morgan fingerprint density at radius 3 is 2.82 bits per heavy atom. The Balaban J connectivity index is 1.60. The van der Waals surface area contributed by atoms with Gasteiger partial charge in [-0.15, -0.1) is 22.9 Å². The van der Waals surface area contributed by atoms with E-state index >= 15 is 0 Å². The highest BCUT2D eigenvalue weighted by Crippen LogP contribution is 2.55. The van der Waals surface area contributed by atoms with Crippen molar-refractivity contribution in [1.29, 1.82) is 0 Å². The van der Waals surface area contributed by atoms with Gasteiger partial charge in [-0.05, 0) is 30.7 Å². The zero-order chi connectivity index (χ0) is 11.7. The predicted octanol–water partition coefficient (Wildman–Crippen LogP) is 4.59. The van der Waals surface area contributed by atoms with E-state index in [2.05, 4.69) is 17.5 Å². The monoisotopic (exact) mass is 270 g/mol. The third-order valence-corrected chi connectivity index (χ3v) is 5.94. The smallest absolute Gasteiger partial charge is 0.0813 e. The Hall–Kier alpha value is -0.0500. The summed E-state index contributed by atoms with van der Waals surface area (Å²) in [6.45, 7) is 0.772. The van der Waals surface area contributed by atoms with Gasteiger partial charge in [-0.2, -0.15) is 0 Å². The molecule has 0 aromatic carbocycles. The molecule has 1 heterocycles. The fourth-order valence-corrected chi connectivity index (χ4v) is 4.50. The summed E-state index contributed by atoms with van der Waals surface area (Å²) in [6, 6.07) is 4.24. The highest BCUT2D eigenvalue weighted by Gasteiger charge is 2.54. The molecule has 1 aromatic rings. The van der Waals surface area contributed by atoms with Gasteiger partial charge < -0.3 is 4.74 Å². The van der Waals surface area contributed by atoms with Gasteiger partial charge in [0.15, 0.2) is 0 Å². The normalized spacial score (nSPS) is 31.4. The van der Waals surface area contributed by atoms with Gasteiger partial charge in [0.2, 0.25) is 0 Å². The molecule has 2 aliphatic rings. The lowest BCUT2D eigenvalue weighted by Gasteiger charge is -2.55. The average molecular weight is 271 g/mol. The summed E-state index contributed by atoms with van der Waals surface area (Å²) in [7, 11) is 0. The van der Waals surface area contributed by atoms with Crippen molar-refractivity contribution in [3.8, 4) is 0 Å². The molecule has 0 N–H and O–H groups in total. The van der Waals surface area contributed by atoms with E-state index in [1.165, 1.54) is 37.0 Å². The molecule has 94 valence electrons. The summed E-state index contributed by atoms with van der Waals surface area (Å²) in [5.41, 5.74) is 0.317. The lowest BCUT2D eigenvalue weighted by molar-refractivity contribution is -0.130. The van der Waals surface area contributed by atoms with E-state index in [0.717, 1.165) is 13.0 Å². The molecule has 3 rings (SSSR count). The van der Waals surface area contributed by atoms with Crippen LogP contribution in [0.3, 0.4) is 0 Å². The zero-order valence-corrected chi connectivity index (χ0v) is 11.6. The Labute approximate surface area is 112 Å². The van der Waals surface area contributed by atoms with Gasteiger partial charge in [0.1, 0.15) is 0 Å². The van der Waals surface area contributed by atoms with Gasteiger partial charge in [0.05, 0.1) is 12.7 Å². The highest BCUT2D eigenvalue weighted by molar-refractivity contribution is 7.09. The zero-order valence-electron chi connectivity index (χ0n) is 10.0. The topological polar surface area (TPSA) is 9.23 Å². The van der Waals surface area contributed by atoms with Crippen molar-refractivity contribution in [2.24, 2.45) is 5.41 Å². The lowest BCUT2D eigenvalue weighted by Crippen LogP contribution is -2.56. The Kier molecular flexibility index (Phi) is 3.47. The minimum atomic E-state index is 0.317. The van der Waals surface area contributed by atoms with Crippen LogP contribution in [-0.4, -0.2) is 11.5 Å². The summed E-state index contributed by atoms with van der Waals surface area (Å²) in [4.78, 5) is 1.33. The number of hydrogen-bond acceptors (Lipinski definition) is 2. The molecule has 0 amide bonds. The van der Waals surface area contributed by atoms with Crippen molar-refractivity contribution in [3.05, 3.63) is 22.4 Å². The number of halogens is 1. The van der Waals surface area contributed by atoms with Gasteiger partial charge >= 0.3 is 0 Å². The van der Waals surface area contributed by atoms with E-state index in [0.29, 0.717) is 16.9 Å². The SMILES string of the molecule is ClC1CC(OCc2cccs2)C12CCCCC2. The number of ether oxygens (including phenoxy) is 1. The molecule has 0 bridgehead atoms. The van der Waals surface area contributed by atoms with E-state index in [-0.39, 0.29) is 0 Å². The van der Waals surface area contributed by atoms with Crippen molar-refractivity contribution < 1.29 is 4.74 Å². The molecule has 3 heteroatoms. The van der Waals surface area contributed by atoms with Crippen LogP contribution in [0.4, 0.5) is 0 Å². The molecule has 0 radical (unpaired) electrons. The van der Waals surface area contributed by atoms with Crippen LogP contribution in [0, 0.1) is 5.41 Å². The molecule has 1 spiro atoms. The molecule has 2 saturated carbocycles. The molecule has 2 aliphatic carbocycles. The van der Waals surface area contributed by atoms with Crippen molar-refractivity contribution in [3.63, 3.8) is 0 Å². The van der Waals surface area contributed by atoms with Crippen LogP contribution >= 0.6 is 22.9 Å². The highest BCUT2D eigenvalue weighted by atomic mass is 35.5. The molecule has 2 unspecified atom stereocenters. The summed E-state index contributed by atoms with van der Waals surface area (Å²) in [5.74, 6) is 0. The second-order valence-corrected chi connectivity index (χ2v) is 6.94. The maximum atomic E-state index is 6.46. The molecular formula is C14H19ClOS.